The number of para-hydroxylation sites is 1. The minimum absolute atomic E-state index is 0.613. The second-order valence-electron chi connectivity index (χ2n) is 6.35. The van der Waals surface area contributed by atoms with E-state index in [0.29, 0.717) is 12.5 Å². The minimum Gasteiger partial charge on any atom is -0.490 e. The van der Waals surface area contributed by atoms with Crippen molar-refractivity contribution >= 4 is 16.4 Å². The monoisotopic (exact) mass is 330 g/mol. The van der Waals surface area contributed by atoms with Crippen LogP contribution in [0.4, 0.5) is 0 Å². The van der Waals surface area contributed by atoms with Gasteiger partial charge in [-0.2, -0.15) is 4.98 Å². The van der Waals surface area contributed by atoms with Crippen molar-refractivity contribution in [1.82, 2.24) is 9.38 Å². The van der Waals surface area contributed by atoms with Crippen LogP contribution in [-0.2, 0) is 6.42 Å². The molecule has 2 aromatic heterocycles. The highest BCUT2D eigenvalue weighted by atomic mass is 16.5. The van der Waals surface area contributed by atoms with E-state index in [2.05, 4.69) is 41.7 Å². The van der Waals surface area contributed by atoms with Gasteiger partial charge in [0.05, 0.1) is 12.3 Å². The van der Waals surface area contributed by atoms with Crippen molar-refractivity contribution in [3.05, 3.63) is 65.5 Å². The fourth-order valence-electron chi connectivity index (χ4n) is 3.71. The van der Waals surface area contributed by atoms with E-state index in [1.165, 1.54) is 5.39 Å². The number of rotatable bonds is 2. The number of pyridine rings is 1. The summed E-state index contributed by atoms with van der Waals surface area (Å²) in [5.41, 5.74) is 4.34. The Hall–Kier alpha value is -3.01. The Balaban J connectivity index is 1.76. The number of aryl methyl sites for hydroxylation is 1. The molecule has 2 aromatic carbocycles. The van der Waals surface area contributed by atoms with Crippen LogP contribution in [0.3, 0.4) is 0 Å². The van der Waals surface area contributed by atoms with E-state index >= 15 is 0 Å². The summed E-state index contributed by atoms with van der Waals surface area (Å²) in [6.45, 7) is 4.71. The summed E-state index contributed by atoms with van der Waals surface area (Å²) in [5, 5.41) is 2.34. The molecule has 4 aromatic rings. The Morgan fingerprint density at radius 1 is 1.16 bits per heavy atom. The van der Waals surface area contributed by atoms with Gasteiger partial charge in [0, 0.05) is 23.1 Å². The maximum atomic E-state index is 6.19. The first-order valence-corrected chi connectivity index (χ1v) is 8.58. The Morgan fingerprint density at radius 3 is 2.92 bits per heavy atom. The van der Waals surface area contributed by atoms with Crippen molar-refractivity contribution in [3.8, 4) is 17.4 Å². The summed E-state index contributed by atoms with van der Waals surface area (Å²) in [4.78, 5) is 4.83. The molecule has 0 saturated carbocycles. The third-order valence-electron chi connectivity index (χ3n) is 4.77. The maximum absolute atomic E-state index is 6.19. The average Bonchev–Trinajstić information content (AvgIpc) is 3.00. The highest BCUT2D eigenvalue weighted by Gasteiger charge is 2.26. The van der Waals surface area contributed by atoms with Gasteiger partial charge in [-0.05, 0) is 31.4 Å². The number of hydrogen-bond donors (Lipinski definition) is 0. The lowest BCUT2D eigenvalue weighted by Crippen LogP contribution is -2.07. The van der Waals surface area contributed by atoms with Gasteiger partial charge in [-0.25, -0.2) is 0 Å². The molecule has 0 N–H and O–H groups in total. The lowest BCUT2D eigenvalue weighted by molar-refractivity contribution is 0.316. The van der Waals surface area contributed by atoms with E-state index in [9.17, 15) is 0 Å². The topological polar surface area (TPSA) is 35.8 Å². The number of imidazole rings is 1. The number of aromatic nitrogens is 2. The SMILES string of the molecule is CCOc1cccc2c1Oc1nc3c4ccccc4cc(C)n3c1C2. The first kappa shape index (κ1) is 14.3. The average molecular weight is 330 g/mol. The summed E-state index contributed by atoms with van der Waals surface area (Å²) in [5.74, 6) is 2.26. The van der Waals surface area contributed by atoms with Crippen LogP contribution < -0.4 is 9.47 Å². The fraction of sp³-hybridized carbons (Fsp3) is 0.190. The molecule has 0 atom stereocenters. The zero-order valence-electron chi connectivity index (χ0n) is 14.2. The van der Waals surface area contributed by atoms with Gasteiger partial charge in [0.25, 0.3) is 0 Å². The molecule has 0 aliphatic carbocycles. The van der Waals surface area contributed by atoms with Crippen LogP contribution in [0.1, 0.15) is 23.9 Å². The molecule has 0 amide bonds. The molecule has 3 heterocycles. The van der Waals surface area contributed by atoms with E-state index < -0.39 is 0 Å². The number of ether oxygens (including phenoxy) is 2. The van der Waals surface area contributed by atoms with Crippen LogP contribution in [-0.4, -0.2) is 16.0 Å². The number of benzene rings is 2. The lowest BCUT2D eigenvalue weighted by atomic mass is 10.1. The van der Waals surface area contributed by atoms with Crippen LogP contribution >= 0.6 is 0 Å². The molecule has 0 radical (unpaired) electrons. The van der Waals surface area contributed by atoms with E-state index in [1.54, 1.807) is 0 Å². The molecule has 0 fully saturated rings. The fourth-order valence-corrected chi connectivity index (χ4v) is 3.71. The highest BCUT2D eigenvalue weighted by Crippen LogP contribution is 2.43. The summed E-state index contributed by atoms with van der Waals surface area (Å²) in [7, 11) is 0. The quantitative estimate of drug-likeness (QED) is 0.462. The molecule has 124 valence electrons. The van der Waals surface area contributed by atoms with Crippen LogP contribution in [0.15, 0.2) is 48.5 Å². The van der Waals surface area contributed by atoms with E-state index in [1.807, 2.05) is 25.1 Å². The van der Waals surface area contributed by atoms with Crippen molar-refractivity contribution in [2.45, 2.75) is 20.3 Å². The molecule has 1 aliphatic rings. The van der Waals surface area contributed by atoms with Crippen molar-refractivity contribution in [3.63, 3.8) is 0 Å². The summed E-state index contributed by atoms with van der Waals surface area (Å²) in [6, 6.07) is 16.6. The number of hydrogen-bond acceptors (Lipinski definition) is 3. The Labute approximate surface area is 145 Å². The minimum atomic E-state index is 0.613. The van der Waals surface area contributed by atoms with Gasteiger partial charge in [0.2, 0.25) is 5.88 Å². The van der Waals surface area contributed by atoms with Crippen molar-refractivity contribution in [1.29, 1.82) is 0 Å². The Morgan fingerprint density at radius 2 is 2.04 bits per heavy atom. The van der Waals surface area contributed by atoms with Gasteiger partial charge in [0.15, 0.2) is 11.5 Å². The summed E-state index contributed by atoms with van der Waals surface area (Å²) in [6.07, 6.45) is 0.784. The summed E-state index contributed by atoms with van der Waals surface area (Å²) >= 11 is 0. The van der Waals surface area contributed by atoms with Gasteiger partial charge in [-0.1, -0.05) is 36.4 Å². The first-order chi connectivity index (χ1) is 12.3. The Kier molecular flexibility index (Phi) is 3.01. The van der Waals surface area contributed by atoms with Crippen LogP contribution in [0.25, 0.3) is 16.4 Å². The molecule has 1 aliphatic heterocycles. The normalized spacial score (nSPS) is 12.7. The van der Waals surface area contributed by atoms with Crippen molar-refractivity contribution in [2.24, 2.45) is 0 Å². The maximum Gasteiger partial charge on any atom is 0.242 e. The van der Waals surface area contributed by atoms with Gasteiger partial charge in [0.1, 0.15) is 5.65 Å². The number of fused-ring (bicyclic) bond motifs is 6. The third-order valence-corrected chi connectivity index (χ3v) is 4.77. The lowest BCUT2D eigenvalue weighted by Gasteiger charge is -2.19. The molecule has 5 rings (SSSR count). The molecular weight excluding hydrogens is 312 g/mol. The Bertz CT molecular complexity index is 1130. The zero-order chi connectivity index (χ0) is 17.0. The highest BCUT2D eigenvalue weighted by molar-refractivity contribution is 5.95. The van der Waals surface area contributed by atoms with E-state index in [-0.39, 0.29) is 0 Å². The van der Waals surface area contributed by atoms with Gasteiger partial charge in [-0.3, -0.25) is 4.40 Å². The van der Waals surface area contributed by atoms with E-state index in [0.717, 1.165) is 45.9 Å². The van der Waals surface area contributed by atoms with Gasteiger partial charge in [-0.15, -0.1) is 0 Å². The van der Waals surface area contributed by atoms with Crippen LogP contribution in [0.2, 0.25) is 0 Å². The van der Waals surface area contributed by atoms with Crippen molar-refractivity contribution in [2.75, 3.05) is 6.61 Å². The largest absolute Gasteiger partial charge is 0.490 e. The molecule has 0 saturated heterocycles. The molecule has 25 heavy (non-hydrogen) atoms. The zero-order valence-corrected chi connectivity index (χ0v) is 14.2. The van der Waals surface area contributed by atoms with E-state index in [4.69, 9.17) is 14.5 Å². The standard InChI is InChI=1S/C21H18N2O2/c1-3-24-18-10-6-8-15-12-17-21(25-19(15)18)22-20-16-9-5-4-7-14(16)11-13(2)23(17)20/h4-11H,3,12H2,1-2H3. The van der Waals surface area contributed by atoms with Gasteiger partial charge < -0.3 is 9.47 Å². The second kappa shape index (κ2) is 5.24. The smallest absolute Gasteiger partial charge is 0.242 e. The van der Waals surface area contributed by atoms with Crippen molar-refractivity contribution < 1.29 is 9.47 Å². The second-order valence-corrected chi connectivity index (χ2v) is 6.35. The predicted molar refractivity (Wildman–Crippen MR) is 97.9 cm³/mol. The summed E-state index contributed by atoms with van der Waals surface area (Å²) < 4.78 is 14.1. The first-order valence-electron chi connectivity index (χ1n) is 8.58. The third kappa shape index (κ3) is 2.03. The molecule has 0 unspecified atom stereocenters. The van der Waals surface area contributed by atoms with Crippen LogP contribution in [0, 0.1) is 6.92 Å². The molecule has 4 nitrogen and oxygen atoms in total. The number of nitrogens with zero attached hydrogens (tertiary/aromatic N) is 2. The predicted octanol–water partition coefficient (Wildman–Crippen LogP) is 4.89. The van der Waals surface area contributed by atoms with Gasteiger partial charge >= 0.3 is 0 Å². The molecule has 0 spiro atoms. The molecular formula is C21H18N2O2. The van der Waals surface area contributed by atoms with Crippen LogP contribution in [0.5, 0.6) is 17.4 Å². The molecule has 4 heteroatoms. The molecule has 0 bridgehead atoms.